The van der Waals surface area contributed by atoms with Crippen LogP contribution in [0.25, 0.3) is 0 Å². The largest absolute Gasteiger partial charge is 0.369 e. The summed E-state index contributed by atoms with van der Waals surface area (Å²) >= 11 is 0. The van der Waals surface area contributed by atoms with Crippen molar-refractivity contribution in [2.45, 2.75) is 32.7 Å². The van der Waals surface area contributed by atoms with Gasteiger partial charge in [0.25, 0.3) is 0 Å². The summed E-state index contributed by atoms with van der Waals surface area (Å²) in [5.74, 6) is -0.838. The van der Waals surface area contributed by atoms with Crippen molar-refractivity contribution < 1.29 is 18.0 Å². The molecule has 0 aliphatic carbocycles. The Labute approximate surface area is 148 Å². The molecule has 2 rings (SSSR count). The van der Waals surface area contributed by atoms with E-state index in [0.717, 1.165) is 16.1 Å². The molecule has 1 saturated heterocycles. The second-order valence-corrected chi connectivity index (χ2v) is 8.44. The molecule has 138 valence electrons. The SMILES string of the molecule is Cc1cccc(N([C@H](C)C(=O)N2CCC(C(N)=O)CC2)S(C)(=O)=O)c1. The minimum absolute atomic E-state index is 0.220. The Kier molecular flexibility index (Phi) is 5.72. The van der Waals surface area contributed by atoms with Crippen molar-refractivity contribution in [3.63, 3.8) is 0 Å². The zero-order valence-electron chi connectivity index (χ0n) is 14.8. The lowest BCUT2D eigenvalue weighted by atomic mass is 9.96. The Hall–Kier alpha value is -2.09. The number of hydrogen-bond donors (Lipinski definition) is 1. The second kappa shape index (κ2) is 7.43. The number of likely N-dealkylation sites (tertiary alicyclic amines) is 1. The van der Waals surface area contributed by atoms with Crippen LogP contribution in [0.3, 0.4) is 0 Å². The Morgan fingerprint density at radius 3 is 2.36 bits per heavy atom. The number of rotatable bonds is 5. The molecule has 25 heavy (non-hydrogen) atoms. The molecule has 1 aliphatic heterocycles. The van der Waals surface area contributed by atoms with Crippen molar-refractivity contribution in [2.24, 2.45) is 11.7 Å². The third-order valence-electron chi connectivity index (χ3n) is 4.53. The zero-order chi connectivity index (χ0) is 18.8. The van der Waals surface area contributed by atoms with Crippen LogP contribution < -0.4 is 10.0 Å². The van der Waals surface area contributed by atoms with E-state index in [9.17, 15) is 18.0 Å². The molecule has 8 heteroatoms. The van der Waals surface area contributed by atoms with E-state index in [1.807, 2.05) is 13.0 Å². The van der Waals surface area contributed by atoms with Crippen LogP contribution in [0.1, 0.15) is 25.3 Å². The lowest BCUT2D eigenvalue weighted by Gasteiger charge is -2.36. The zero-order valence-corrected chi connectivity index (χ0v) is 15.6. The maximum absolute atomic E-state index is 12.8. The van der Waals surface area contributed by atoms with E-state index < -0.39 is 16.1 Å². The fraction of sp³-hybridized carbons (Fsp3) is 0.529. The highest BCUT2D eigenvalue weighted by Crippen LogP contribution is 2.24. The van der Waals surface area contributed by atoms with Crippen LogP contribution in [0.4, 0.5) is 5.69 Å². The van der Waals surface area contributed by atoms with E-state index in [2.05, 4.69) is 0 Å². The highest BCUT2D eigenvalue weighted by atomic mass is 32.2. The van der Waals surface area contributed by atoms with E-state index in [1.54, 1.807) is 30.0 Å². The molecule has 0 spiro atoms. The molecule has 1 heterocycles. The molecule has 1 atom stereocenters. The number of carbonyl (C=O) groups excluding carboxylic acids is 2. The molecule has 2 amide bonds. The third-order valence-corrected chi connectivity index (χ3v) is 5.77. The van der Waals surface area contributed by atoms with E-state index in [4.69, 9.17) is 5.73 Å². The molecule has 0 bridgehead atoms. The van der Waals surface area contributed by atoms with Crippen molar-refractivity contribution in [1.82, 2.24) is 4.90 Å². The van der Waals surface area contributed by atoms with Crippen LogP contribution in [0.2, 0.25) is 0 Å². The van der Waals surface area contributed by atoms with Gasteiger partial charge >= 0.3 is 0 Å². The van der Waals surface area contributed by atoms with Gasteiger partial charge in [-0.25, -0.2) is 8.42 Å². The first-order valence-corrected chi connectivity index (χ1v) is 10.1. The van der Waals surface area contributed by atoms with Crippen molar-refractivity contribution in [3.8, 4) is 0 Å². The first-order chi connectivity index (χ1) is 11.6. The minimum atomic E-state index is -3.63. The number of anilines is 1. The summed E-state index contributed by atoms with van der Waals surface area (Å²) < 4.78 is 25.8. The Bertz CT molecular complexity index is 755. The number of hydrogen-bond acceptors (Lipinski definition) is 4. The predicted molar refractivity (Wildman–Crippen MR) is 96.5 cm³/mol. The fourth-order valence-electron chi connectivity index (χ4n) is 3.22. The number of carbonyl (C=O) groups is 2. The summed E-state index contributed by atoms with van der Waals surface area (Å²) in [7, 11) is -3.63. The number of amides is 2. The van der Waals surface area contributed by atoms with Gasteiger partial charge in [0.1, 0.15) is 6.04 Å². The van der Waals surface area contributed by atoms with Crippen molar-refractivity contribution >= 4 is 27.5 Å². The minimum Gasteiger partial charge on any atom is -0.369 e. The van der Waals surface area contributed by atoms with Gasteiger partial charge in [0.05, 0.1) is 11.9 Å². The van der Waals surface area contributed by atoms with Crippen LogP contribution in [0.15, 0.2) is 24.3 Å². The summed E-state index contributed by atoms with van der Waals surface area (Å²) in [6.45, 7) is 4.27. The monoisotopic (exact) mass is 367 g/mol. The molecular weight excluding hydrogens is 342 g/mol. The number of piperidine rings is 1. The average molecular weight is 367 g/mol. The molecule has 0 aromatic heterocycles. The van der Waals surface area contributed by atoms with Gasteiger partial charge in [0.15, 0.2) is 0 Å². The molecule has 1 fully saturated rings. The number of sulfonamides is 1. The van der Waals surface area contributed by atoms with E-state index in [1.165, 1.54) is 0 Å². The number of benzene rings is 1. The van der Waals surface area contributed by atoms with Gasteiger partial charge in [-0.15, -0.1) is 0 Å². The summed E-state index contributed by atoms with van der Waals surface area (Å²) in [4.78, 5) is 25.7. The van der Waals surface area contributed by atoms with Gasteiger partial charge in [0, 0.05) is 19.0 Å². The van der Waals surface area contributed by atoms with Gasteiger partial charge in [-0.1, -0.05) is 12.1 Å². The lowest BCUT2D eigenvalue weighted by Crippen LogP contribution is -2.52. The van der Waals surface area contributed by atoms with Gasteiger partial charge in [0.2, 0.25) is 21.8 Å². The molecule has 7 nitrogen and oxygen atoms in total. The molecule has 0 radical (unpaired) electrons. The van der Waals surface area contributed by atoms with Crippen molar-refractivity contribution in [1.29, 1.82) is 0 Å². The van der Waals surface area contributed by atoms with Crippen LogP contribution in [-0.4, -0.2) is 50.5 Å². The van der Waals surface area contributed by atoms with E-state index >= 15 is 0 Å². The lowest BCUT2D eigenvalue weighted by molar-refractivity contribution is -0.135. The van der Waals surface area contributed by atoms with E-state index in [0.29, 0.717) is 31.6 Å². The fourth-order valence-corrected chi connectivity index (χ4v) is 4.38. The van der Waals surface area contributed by atoms with Crippen LogP contribution in [0.5, 0.6) is 0 Å². The molecule has 2 N–H and O–H groups in total. The highest BCUT2D eigenvalue weighted by molar-refractivity contribution is 7.92. The number of nitrogens with zero attached hydrogens (tertiary/aromatic N) is 2. The molecular formula is C17H25N3O4S. The number of primary amides is 1. The number of aryl methyl sites for hydroxylation is 1. The van der Waals surface area contributed by atoms with Crippen LogP contribution in [0, 0.1) is 12.8 Å². The molecule has 1 aliphatic rings. The standard InChI is InChI=1S/C17H25N3O4S/c1-12-5-4-6-15(11-12)20(25(3,23)24)13(2)17(22)19-9-7-14(8-10-19)16(18)21/h4-6,11,13-14H,7-10H2,1-3H3,(H2,18,21)/t13-/m1/s1. The first kappa shape index (κ1) is 19.2. The normalized spacial score (nSPS) is 17.2. The third kappa shape index (κ3) is 4.50. The smallest absolute Gasteiger partial charge is 0.246 e. The van der Waals surface area contributed by atoms with Gasteiger partial charge in [-0.3, -0.25) is 13.9 Å². The van der Waals surface area contributed by atoms with Crippen molar-refractivity contribution in [2.75, 3.05) is 23.7 Å². The van der Waals surface area contributed by atoms with Crippen LogP contribution in [-0.2, 0) is 19.6 Å². The predicted octanol–water partition coefficient (Wildman–Crippen LogP) is 0.873. The maximum atomic E-state index is 12.8. The Morgan fingerprint density at radius 2 is 1.88 bits per heavy atom. The van der Waals surface area contributed by atoms with Gasteiger partial charge in [-0.2, -0.15) is 0 Å². The second-order valence-electron chi connectivity index (χ2n) is 6.58. The topological polar surface area (TPSA) is 101 Å². The highest BCUT2D eigenvalue weighted by Gasteiger charge is 2.34. The summed E-state index contributed by atoms with van der Waals surface area (Å²) in [5, 5.41) is 0. The Morgan fingerprint density at radius 1 is 1.28 bits per heavy atom. The van der Waals surface area contributed by atoms with E-state index in [-0.39, 0.29) is 17.7 Å². The Balaban J connectivity index is 2.21. The number of nitrogens with two attached hydrogens (primary N) is 1. The van der Waals surface area contributed by atoms with Crippen molar-refractivity contribution in [3.05, 3.63) is 29.8 Å². The van der Waals surface area contributed by atoms with Crippen LogP contribution >= 0.6 is 0 Å². The molecule has 1 aromatic carbocycles. The quantitative estimate of drug-likeness (QED) is 0.834. The van der Waals surface area contributed by atoms with Gasteiger partial charge in [-0.05, 0) is 44.4 Å². The summed E-state index contributed by atoms with van der Waals surface area (Å²) in [6, 6.07) is 6.19. The summed E-state index contributed by atoms with van der Waals surface area (Å²) in [6.07, 6.45) is 2.12. The summed E-state index contributed by atoms with van der Waals surface area (Å²) in [5.41, 5.74) is 6.69. The van der Waals surface area contributed by atoms with Gasteiger partial charge < -0.3 is 10.6 Å². The first-order valence-electron chi connectivity index (χ1n) is 8.25. The molecule has 0 saturated carbocycles. The molecule has 0 unspecified atom stereocenters. The maximum Gasteiger partial charge on any atom is 0.246 e. The average Bonchev–Trinajstić information content (AvgIpc) is 2.53. The molecule has 1 aromatic rings.